The molecule has 1 aromatic carbocycles. The lowest BCUT2D eigenvalue weighted by Crippen LogP contribution is -2.56. The summed E-state index contributed by atoms with van der Waals surface area (Å²) in [6.45, 7) is 1.22. The van der Waals surface area contributed by atoms with Gasteiger partial charge < -0.3 is 15.2 Å². The van der Waals surface area contributed by atoms with Crippen molar-refractivity contribution in [3.8, 4) is 5.75 Å². The quantitative estimate of drug-likeness (QED) is 0.838. The van der Waals surface area contributed by atoms with Crippen LogP contribution in [0.3, 0.4) is 0 Å². The maximum absolute atomic E-state index is 10.1. The van der Waals surface area contributed by atoms with Crippen LogP contribution in [0.25, 0.3) is 0 Å². The molecular weight excluding hydrogens is 246 g/mol. The monoisotopic (exact) mass is 257 g/mol. The van der Waals surface area contributed by atoms with Gasteiger partial charge in [-0.25, -0.2) is 0 Å². The van der Waals surface area contributed by atoms with Crippen molar-refractivity contribution in [1.82, 2.24) is 5.32 Å². The first-order chi connectivity index (χ1) is 6.65. The van der Waals surface area contributed by atoms with Gasteiger partial charge in [0.1, 0.15) is 11.4 Å². The van der Waals surface area contributed by atoms with Crippen molar-refractivity contribution in [2.45, 2.75) is 5.60 Å². The van der Waals surface area contributed by atoms with E-state index < -0.39 is 5.60 Å². The Bertz CT molecular complexity index is 350. The molecule has 0 radical (unpaired) electrons. The van der Waals surface area contributed by atoms with E-state index >= 15 is 0 Å². The Morgan fingerprint density at radius 1 is 1.50 bits per heavy atom. The number of hydrogen-bond donors (Lipinski definition) is 2. The second kappa shape index (κ2) is 3.53. The molecule has 0 bridgehead atoms. The van der Waals surface area contributed by atoms with Gasteiger partial charge in [0, 0.05) is 13.1 Å². The van der Waals surface area contributed by atoms with Crippen molar-refractivity contribution < 1.29 is 9.84 Å². The summed E-state index contributed by atoms with van der Waals surface area (Å²) in [6, 6.07) is 5.67. The van der Waals surface area contributed by atoms with E-state index in [4.69, 9.17) is 4.74 Å². The first-order valence-electron chi connectivity index (χ1n) is 4.43. The summed E-state index contributed by atoms with van der Waals surface area (Å²) in [5.74, 6) is 0.753. The minimum absolute atomic E-state index is 0.609. The number of β-amino-alcohol motifs (C(OH)–C–C–N with tert-alkyl or cyclic N) is 1. The van der Waals surface area contributed by atoms with E-state index in [1.807, 2.05) is 18.2 Å². The van der Waals surface area contributed by atoms with Gasteiger partial charge in [-0.15, -0.1) is 0 Å². The van der Waals surface area contributed by atoms with Gasteiger partial charge in [-0.3, -0.25) is 0 Å². The predicted molar refractivity (Wildman–Crippen MR) is 57.5 cm³/mol. The lowest BCUT2D eigenvalue weighted by molar-refractivity contribution is -0.0148. The molecule has 4 heteroatoms. The van der Waals surface area contributed by atoms with Crippen molar-refractivity contribution in [2.24, 2.45) is 0 Å². The summed E-state index contributed by atoms with van der Waals surface area (Å²) >= 11 is 3.38. The SMILES string of the molecule is COc1cc(C2(O)CNC2)ccc1Br. The summed E-state index contributed by atoms with van der Waals surface area (Å²) in [5, 5.41) is 13.1. The number of methoxy groups -OCH3 is 1. The molecule has 0 amide bonds. The van der Waals surface area contributed by atoms with Crippen molar-refractivity contribution in [2.75, 3.05) is 20.2 Å². The minimum atomic E-state index is -0.714. The van der Waals surface area contributed by atoms with Crippen molar-refractivity contribution in [3.05, 3.63) is 28.2 Å². The summed E-state index contributed by atoms with van der Waals surface area (Å²) in [4.78, 5) is 0. The third kappa shape index (κ3) is 1.54. The predicted octanol–water partition coefficient (Wildman–Crippen LogP) is 1.25. The largest absolute Gasteiger partial charge is 0.496 e. The average Bonchev–Trinajstić information content (AvgIpc) is 2.15. The highest BCUT2D eigenvalue weighted by Crippen LogP contribution is 2.32. The Balaban J connectivity index is 2.35. The van der Waals surface area contributed by atoms with E-state index in [0.29, 0.717) is 13.1 Å². The fraction of sp³-hybridized carbons (Fsp3) is 0.400. The van der Waals surface area contributed by atoms with E-state index in [9.17, 15) is 5.11 Å². The summed E-state index contributed by atoms with van der Waals surface area (Å²) in [7, 11) is 1.62. The Morgan fingerprint density at radius 3 is 2.71 bits per heavy atom. The molecule has 76 valence electrons. The zero-order chi connectivity index (χ0) is 10.2. The number of nitrogens with one attached hydrogen (secondary N) is 1. The van der Waals surface area contributed by atoms with Crippen LogP contribution in [-0.2, 0) is 5.60 Å². The van der Waals surface area contributed by atoms with Gasteiger partial charge in [0.15, 0.2) is 0 Å². The van der Waals surface area contributed by atoms with Crippen LogP contribution >= 0.6 is 15.9 Å². The molecule has 14 heavy (non-hydrogen) atoms. The molecule has 2 rings (SSSR count). The smallest absolute Gasteiger partial charge is 0.133 e. The molecule has 2 N–H and O–H groups in total. The molecular formula is C10H12BrNO2. The lowest BCUT2D eigenvalue weighted by Gasteiger charge is -2.38. The number of benzene rings is 1. The van der Waals surface area contributed by atoms with Crippen molar-refractivity contribution in [1.29, 1.82) is 0 Å². The van der Waals surface area contributed by atoms with E-state index in [1.54, 1.807) is 7.11 Å². The molecule has 1 heterocycles. The Hall–Kier alpha value is -0.580. The van der Waals surface area contributed by atoms with Crippen LogP contribution in [0.5, 0.6) is 5.75 Å². The normalized spacial score (nSPS) is 18.8. The van der Waals surface area contributed by atoms with E-state index in [0.717, 1.165) is 15.8 Å². The first-order valence-corrected chi connectivity index (χ1v) is 5.22. The van der Waals surface area contributed by atoms with Gasteiger partial charge in [0.25, 0.3) is 0 Å². The Labute approximate surface area is 91.2 Å². The molecule has 0 aromatic heterocycles. The van der Waals surface area contributed by atoms with E-state index in [-0.39, 0.29) is 0 Å². The van der Waals surface area contributed by atoms with Crippen LogP contribution in [0.4, 0.5) is 0 Å². The van der Waals surface area contributed by atoms with E-state index in [1.165, 1.54) is 0 Å². The molecule has 3 nitrogen and oxygen atoms in total. The van der Waals surface area contributed by atoms with Crippen LogP contribution in [0.2, 0.25) is 0 Å². The Morgan fingerprint density at radius 2 is 2.21 bits per heavy atom. The lowest BCUT2D eigenvalue weighted by atomic mass is 9.88. The Kier molecular flexibility index (Phi) is 2.51. The number of ether oxygens (including phenoxy) is 1. The number of rotatable bonds is 2. The fourth-order valence-corrected chi connectivity index (χ4v) is 1.92. The topological polar surface area (TPSA) is 41.5 Å². The van der Waals surface area contributed by atoms with Crippen molar-refractivity contribution >= 4 is 15.9 Å². The molecule has 1 saturated heterocycles. The molecule has 0 atom stereocenters. The summed E-state index contributed by atoms with van der Waals surface area (Å²) in [6.07, 6.45) is 0. The molecule has 1 aromatic rings. The van der Waals surface area contributed by atoms with Crippen molar-refractivity contribution in [3.63, 3.8) is 0 Å². The summed E-state index contributed by atoms with van der Waals surface area (Å²) in [5.41, 5.74) is 0.185. The van der Waals surface area contributed by atoms with Gasteiger partial charge in [0.05, 0.1) is 11.6 Å². The maximum atomic E-state index is 10.1. The minimum Gasteiger partial charge on any atom is -0.496 e. The third-order valence-electron chi connectivity index (χ3n) is 2.52. The second-order valence-corrected chi connectivity index (χ2v) is 4.34. The molecule has 0 saturated carbocycles. The van der Waals surface area contributed by atoms with Crippen LogP contribution in [-0.4, -0.2) is 25.3 Å². The van der Waals surface area contributed by atoms with Gasteiger partial charge in [0.2, 0.25) is 0 Å². The highest BCUT2D eigenvalue weighted by atomic mass is 79.9. The number of halogens is 1. The average molecular weight is 258 g/mol. The standard InChI is InChI=1S/C10H12BrNO2/c1-14-9-4-7(2-3-8(9)11)10(13)5-12-6-10/h2-4,12-13H,5-6H2,1H3. The highest BCUT2D eigenvalue weighted by Gasteiger charge is 2.36. The zero-order valence-electron chi connectivity index (χ0n) is 7.88. The number of hydrogen-bond acceptors (Lipinski definition) is 3. The van der Waals surface area contributed by atoms with E-state index in [2.05, 4.69) is 21.2 Å². The van der Waals surface area contributed by atoms with Crippen LogP contribution in [0, 0.1) is 0 Å². The number of aliphatic hydroxyl groups is 1. The van der Waals surface area contributed by atoms with Crippen LogP contribution in [0.1, 0.15) is 5.56 Å². The highest BCUT2D eigenvalue weighted by molar-refractivity contribution is 9.10. The van der Waals surface area contributed by atoms with Gasteiger partial charge >= 0.3 is 0 Å². The first kappa shape index (κ1) is 9.96. The second-order valence-electron chi connectivity index (χ2n) is 3.48. The van der Waals surface area contributed by atoms with Gasteiger partial charge in [-0.05, 0) is 33.6 Å². The zero-order valence-corrected chi connectivity index (χ0v) is 9.47. The summed E-state index contributed by atoms with van der Waals surface area (Å²) < 4.78 is 6.07. The van der Waals surface area contributed by atoms with Crippen LogP contribution in [0.15, 0.2) is 22.7 Å². The molecule has 0 aliphatic carbocycles. The molecule has 1 aliphatic rings. The molecule has 0 unspecified atom stereocenters. The van der Waals surface area contributed by atoms with Gasteiger partial charge in [-0.2, -0.15) is 0 Å². The maximum Gasteiger partial charge on any atom is 0.133 e. The fourth-order valence-electron chi connectivity index (χ4n) is 1.52. The van der Waals surface area contributed by atoms with Gasteiger partial charge in [-0.1, -0.05) is 6.07 Å². The third-order valence-corrected chi connectivity index (χ3v) is 3.18. The molecule has 0 spiro atoms. The molecule has 1 aliphatic heterocycles. The molecule has 1 fully saturated rings. The van der Waals surface area contributed by atoms with Crippen LogP contribution < -0.4 is 10.1 Å².